The summed E-state index contributed by atoms with van der Waals surface area (Å²) < 4.78 is 11.9. The molecule has 2 fully saturated rings. The first-order chi connectivity index (χ1) is 11.6. The van der Waals surface area contributed by atoms with Crippen molar-refractivity contribution >= 4 is 21.8 Å². The van der Waals surface area contributed by atoms with Crippen molar-refractivity contribution in [1.82, 2.24) is 10.2 Å². The van der Waals surface area contributed by atoms with Gasteiger partial charge in [0.05, 0.1) is 18.2 Å². The van der Waals surface area contributed by atoms with Gasteiger partial charge in [0, 0.05) is 30.7 Å². The van der Waals surface area contributed by atoms with Crippen LogP contribution in [0.3, 0.4) is 0 Å². The fourth-order valence-electron chi connectivity index (χ4n) is 3.50. The summed E-state index contributed by atoms with van der Waals surface area (Å²) in [6, 6.07) is 4.62. The normalized spacial score (nSPS) is 23.0. The van der Waals surface area contributed by atoms with Gasteiger partial charge in [0.15, 0.2) is 11.5 Å². The molecule has 5 nitrogen and oxygen atoms in total. The lowest BCUT2D eigenvalue weighted by Gasteiger charge is -2.25. The van der Waals surface area contributed by atoms with E-state index in [2.05, 4.69) is 28.2 Å². The van der Waals surface area contributed by atoms with Crippen LogP contribution in [0.25, 0.3) is 0 Å². The maximum Gasteiger partial charge on any atom is 0.254 e. The number of carbonyl (C=O) groups is 1. The topological polar surface area (TPSA) is 50.8 Å². The summed E-state index contributed by atoms with van der Waals surface area (Å²) in [5.41, 5.74) is 0.639. The van der Waals surface area contributed by atoms with Crippen molar-refractivity contribution in [1.29, 1.82) is 0 Å². The highest BCUT2D eigenvalue weighted by Crippen LogP contribution is 2.37. The number of nitrogens with one attached hydrogen (secondary N) is 1. The molecule has 1 aromatic carbocycles. The highest BCUT2D eigenvalue weighted by molar-refractivity contribution is 9.10. The molecule has 6 heteroatoms. The van der Waals surface area contributed by atoms with Crippen LogP contribution >= 0.6 is 15.9 Å². The largest absolute Gasteiger partial charge is 0.493 e. The van der Waals surface area contributed by atoms with Crippen molar-refractivity contribution in [2.45, 2.75) is 44.7 Å². The molecule has 2 aliphatic heterocycles. The first kappa shape index (κ1) is 17.5. The number of halogens is 1. The Morgan fingerprint density at radius 2 is 2.12 bits per heavy atom. The maximum absolute atomic E-state index is 13.0. The van der Waals surface area contributed by atoms with Crippen LogP contribution in [0.4, 0.5) is 0 Å². The van der Waals surface area contributed by atoms with Crippen molar-refractivity contribution in [2.75, 3.05) is 26.8 Å². The van der Waals surface area contributed by atoms with Crippen molar-refractivity contribution < 1.29 is 14.3 Å². The Kier molecular flexibility index (Phi) is 5.66. The van der Waals surface area contributed by atoms with E-state index in [1.807, 2.05) is 11.0 Å². The molecule has 132 valence electrons. The predicted octanol–water partition coefficient (Wildman–Crippen LogP) is 3.21. The molecule has 1 N–H and O–H groups in total. The summed E-state index contributed by atoms with van der Waals surface area (Å²) in [4.78, 5) is 14.9. The second-order valence-electron chi connectivity index (χ2n) is 6.52. The van der Waals surface area contributed by atoms with Gasteiger partial charge in [0.2, 0.25) is 0 Å². The summed E-state index contributed by atoms with van der Waals surface area (Å²) in [6.45, 7) is 4.26. The molecule has 1 amide bonds. The van der Waals surface area contributed by atoms with Gasteiger partial charge in [0.25, 0.3) is 5.91 Å². The van der Waals surface area contributed by atoms with Crippen molar-refractivity contribution in [3.05, 3.63) is 22.2 Å². The van der Waals surface area contributed by atoms with Crippen molar-refractivity contribution in [3.63, 3.8) is 0 Å². The van der Waals surface area contributed by atoms with Crippen LogP contribution in [0, 0.1) is 0 Å². The molecule has 2 heterocycles. The zero-order chi connectivity index (χ0) is 17.1. The minimum Gasteiger partial charge on any atom is -0.493 e. The number of ether oxygens (including phenoxy) is 2. The van der Waals surface area contributed by atoms with E-state index in [-0.39, 0.29) is 5.91 Å². The zero-order valence-corrected chi connectivity index (χ0v) is 15.9. The van der Waals surface area contributed by atoms with Crippen LogP contribution in [-0.4, -0.2) is 49.7 Å². The Morgan fingerprint density at radius 1 is 1.33 bits per heavy atom. The van der Waals surface area contributed by atoms with E-state index in [1.165, 1.54) is 6.42 Å². The molecule has 0 saturated carbocycles. The van der Waals surface area contributed by atoms with Gasteiger partial charge >= 0.3 is 0 Å². The number of fused-ring (bicyclic) bond motifs is 2. The van der Waals surface area contributed by atoms with Gasteiger partial charge in [-0.2, -0.15) is 0 Å². The number of rotatable bonds is 5. The van der Waals surface area contributed by atoms with Gasteiger partial charge in [-0.05, 0) is 53.7 Å². The molecule has 2 bridgehead atoms. The number of hydrogen-bond donors (Lipinski definition) is 1. The van der Waals surface area contributed by atoms with Crippen LogP contribution in [-0.2, 0) is 0 Å². The zero-order valence-electron chi connectivity index (χ0n) is 14.3. The molecule has 2 unspecified atom stereocenters. The van der Waals surface area contributed by atoms with Gasteiger partial charge in [-0.15, -0.1) is 0 Å². The van der Waals surface area contributed by atoms with E-state index in [9.17, 15) is 4.79 Å². The molecule has 1 aromatic rings. The second kappa shape index (κ2) is 7.74. The fraction of sp³-hybridized carbons (Fsp3) is 0.611. The van der Waals surface area contributed by atoms with Crippen molar-refractivity contribution in [3.8, 4) is 11.5 Å². The number of carbonyl (C=O) groups excluding carboxylic acids is 1. The first-order valence-corrected chi connectivity index (χ1v) is 9.47. The highest BCUT2D eigenvalue weighted by atomic mass is 79.9. The molecule has 0 radical (unpaired) electrons. The fourth-order valence-corrected chi connectivity index (χ4v) is 4.05. The Labute approximate surface area is 151 Å². The lowest BCUT2D eigenvalue weighted by Crippen LogP contribution is -2.39. The van der Waals surface area contributed by atoms with Crippen molar-refractivity contribution in [2.24, 2.45) is 0 Å². The molecular formula is C18H25BrN2O3. The summed E-state index contributed by atoms with van der Waals surface area (Å²) in [5.74, 6) is 1.31. The number of benzene rings is 1. The number of hydrogen-bond acceptors (Lipinski definition) is 4. The molecule has 0 spiro atoms. The van der Waals surface area contributed by atoms with Crippen LogP contribution < -0.4 is 14.8 Å². The van der Waals surface area contributed by atoms with E-state index < -0.39 is 0 Å². The molecule has 2 aliphatic rings. The molecular weight excluding hydrogens is 372 g/mol. The average Bonchev–Trinajstić information content (AvgIpc) is 2.91. The van der Waals surface area contributed by atoms with Gasteiger partial charge in [-0.3, -0.25) is 4.79 Å². The predicted molar refractivity (Wildman–Crippen MR) is 96.9 cm³/mol. The third-order valence-corrected chi connectivity index (χ3v) is 5.33. The summed E-state index contributed by atoms with van der Waals surface area (Å²) in [7, 11) is 1.60. The van der Waals surface area contributed by atoms with E-state index in [4.69, 9.17) is 9.47 Å². The smallest absolute Gasteiger partial charge is 0.254 e. The quantitative estimate of drug-likeness (QED) is 0.829. The lowest BCUT2D eigenvalue weighted by molar-refractivity contribution is 0.0747. The average molecular weight is 397 g/mol. The second-order valence-corrected chi connectivity index (χ2v) is 7.37. The summed E-state index contributed by atoms with van der Waals surface area (Å²) >= 11 is 3.52. The Balaban J connectivity index is 1.80. The highest BCUT2D eigenvalue weighted by Gasteiger charge is 2.31. The van der Waals surface area contributed by atoms with Gasteiger partial charge in [-0.1, -0.05) is 6.92 Å². The molecule has 24 heavy (non-hydrogen) atoms. The first-order valence-electron chi connectivity index (χ1n) is 8.68. The minimum atomic E-state index is 0.0605. The number of amides is 1. The minimum absolute atomic E-state index is 0.0605. The van der Waals surface area contributed by atoms with Gasteiger partial charge in [0.1, 0.15) is 0 Å². The summed E-state index contributed by atoms with van der Waals surface area (Å²) in [5, 5.41) is 3.61. The van der Waals surface area contributed by atoms with E-state index >= 15 is 0 Å². The standard InChI is InChI=1S/C18H25BrN2O3/c1-3-8-24-17-15(19)9-12(10-16(17)23-2)18(22)21-7-6-13-4-5-14(11-21)20-13/h9-10,13-14,20H,3-8,11H2,1-2H3. The molecule has 3 rings (SSSR count). The third kappa shape index (κ3) is 3.70. The lowest BCUT2D eigenvalue weighted by atomic mass is 10.1. The Morgan fingerprint density at radius 3 is 2.88 bits per heavy atom. The van der Waals surface area contributed by atoms with E-state index in [1.54, 1.807) is 13.2 Å². The van der Waals surface area contributed by atoms with Crippen LogP contribution in [0.15, 0.2) is 16.6 Å². The Bertz CT molecular complexity index is 608. The van der Waals surface area contributed by atoms with Gasteiger partial charge < -0.3 is 19.7 Å². The van der Waals surface area contributed by atoms with E-state index in [0.29, 0.717) is 35.8 Å². The number of methoxy groups -OCH3 is 1. The maximum atomic E-state index is 13.0. The number of likely N-dealkylation sites (tertiary alicyclic amines) is 1. The third-order valence-electron chi connectivity index (χ3n) is 4.74. The van der Waals surface area contributed by atoms with Crippen LogP contribution in [0.5, 0.6) is 11.5 Å². The Hall–Kier alpha value is -1.27. The molecule has 2 atom stereocenters. The van der Waals surface area contributed by atoms with Crippen LogP contribution in [0.1, 0.15) is 43.0 Å². The summed E-state index contributed by atoms with van der Waals surface area (Å²) in [6.07, 6.45) is 4.33. The molecule has 2 saturated heterocycles. The van der Waals surface area contributed by atoms with Crippen LogP contribution in [0.2, 0.25) is 0 Å². The molecule has 0 aromatic heterocycles. The molecule has 0 aliphatic carbocycles. The SMILES string of the molecule is CCCOc1c(Br)cc(C(=O)N2CCC3CCC(C2)N3)cc1OC. The van der Waals surface area contributed by atoms with E-state index in [0.717, 1.165) is 36.8 Å². The number of nitrogens with zero attached hydrogens (tertiary/aromatic N) is 1. The monoisotopic (exact) mass is 396 g/mol. The van der Waals surface area contributed by atoms with Gasteiger partial charge in [-0.25, -0.2) is 0 Å².